The summed E-state index contributed by atoms with van der Waals surface area (Å²) in [6, 6.07) is 2.10. The van der Waals surface area contributed by atoms with Crippen molar-refractivity contribution in [3.05, 3.63) is 24.0 Å². The number of rotatable bonds is 4. The van der Waals surface area contributed by atoms with Gasteiger partial charge in [0, 0.05) is 24.4 Å². The standard InChI is InChI=1S/C10H15NO2/c12-5-1-3-10(7-13-8-10)9-2-4-11-6-9/h2,4,6,11-12H,1,3,5,7-8H2. The number of H-pyrrole nitrogens is 1. The first-order valence-electron chi connectivity index (χ1n) is 4.69. The number of aliphatic hydroxyl groups is 1. The molecular formula is C10H15NO2. The molecule has 2 rings (SSSR count). The summed E-state index contributed by atoms with van der Waals surface area (Å²) in [5.41, 5.74) is 1.50. The Bertz CT molecular complexity index is 252. The Morgan fingerprint density at radius 1 is 1.54 bits per heavy atom. The zero-order valence-corrected chi connectivity index (χ0v) is 7.62. The van der Waals surface area contributed by atoms with Crippen molar-refractivity contribution in [1.29, 1.82) is 0 Å². The number of aromatic amines is 1. The van der Waals surface area contributed by atoms with Gasteiger partial charge in [-0.15, -0.1) is 0 Å². The second kappa shape index (κ2) is 3.52. The van der Waals surface area contributed by atoms with E-state index in [0.717, 1.165) is 26.1 Å². The van der Waals surface area contributed by atoms with E-state index in [1.54, 1.807) is 0 Å². The molecule has 0 amide bonds. The van der Waals surface area contributed by atoms with Crippen LogP contribution in [0.5, 0.6) is 0 Å². The monoisotopic (exact) mass is 181 g/mol. The maximum absolute atomic E-state index is 8.80. The van der Waals surface area contributed by atoms with Crippen LogP contribution in [0, 0.1) is 0 Å². The van der Waals surface area contributed by atoms with Crippen molar-refractivity contribution >= 4 is 0 Å². The van der Waals surface area contributed by atoms with Gasteiger partial charge in [0.05, 0.1) is 13.2 Å². The third kappa shape index (κ3) is 1.49. The number of hydrogen-bond donors (Lipinski definition) is 2. The lowest BCUT2D eigenvalue weighted by atomic mass is 9.76. The minimum absolute atomic E-state index is 0.183. The van der Waals surface area contributed by atoms with E-state index in [1.165, 1.54) is 5.56 Å². The summed E-state index contributed by atoms with van der Waals surface area (Å²) >= 11 is 0. The van der Waals surface area contributed by atoms with Crippen LogP contribution in [0.15, 0.2) is 18.5 Å². The van der Waals surface area contributed by atoms with Gasteiger partial charge in [0.1, 0.15) is 0 Å². The molecule has 0 unspecified atom stereocenters. The van der Waals surface area contributed by atoms with Crippen LogP contribution in [0.1, 0.15) is 18.4 Å². The number of aromatic nitrogens is 1. The van der Waals surface area contributed by atoms with E-state index in [0.29, 0.717) is 0 Å². The molecule has 0 spiro atoms. The van der Waals surface area contributed by atoms with Gasteiger partial charge >= 0.3 is 0 Å². The molecule has 1 aromatic heterocycles. The second-order valence-electron chi connectivity index (χ2n) is 3.70. The Hall–Kier alpha value is -0.800. The van der Waals surface area contributed by atoms with Gasteiger partial charge < -0.3 is 14.8 Å². The first kappa shape index (κ1) is 8.78. The zero-order chi connectivity index (χ0) is 9.15. The summed E-state index contributed by atoms with van der Waals surface area (Å²) in [6.45, 7) is 1.86. The van der Waals surface area contributed by atoms with Crippen molar-refractivity contribution in [2.75, 3.05) is 19.8 Å². The zero-order valence-electron chi connectivity index (χ0n) is 7.62. The molecule has 2 N–H and O–H groups in total. The number of nitrogens with one attached hydrogen (secondary N) is 1. The average molecular weight is 181 g/mol. The topological polar surface area (TPSA) is 45.2 Å². The van der Waals surface area contributed by atoms with Gasteiger partial charge in [-0.2, -0.15) is 0 Å². The molecule has 3 nitrogen and oxygen atoms in total. The van der Waals surface area contributed by atoms with Crippen LogP contribution < -0.4 is 0 Å². The third-order valence-corrected chi connectivity index (χ3v) is 2.78. The van der Waals surface area contributed by atoms with Gasteiger partial charge in [0.15, 0.2) is 0 Å². The van der Waals surface area contributed by atoms with E-state index >= 15 is 0 Å². The molecule has 0 aromatic carbocycles. The molecule has 1 saturated heterocycles. The maximum atomic E-state index is 8.80. The highest BCUT2D eigenvalue weighted by Gasteiger charge is 2.39. The molecule has 0 atom stereocenters. The molecule has 72 valence electrons. The summed E-state index contributed by atoms with van der Waals surface area (Å²) in [5.74, 6) is 0. The van der Waals surface area contributed by atoms with Crippen molar-refractivity contribution in [3.63, 3.8) is 0 Å². The first-order chi connectivity index (χ1) is 6.37. The van der Waals surface area contributed by atoms with Crippen molar-refractivity contribution in [1.82, 2.24) is 4.98 Å². The van der Waals surface area contributed by atoms with E-state index in [-0.39, 0.29) is 12.0 Å². The predicted octanol–water partition coefficient (Wildman–Crippen LogP) is 1.06. The van der Waals surface area contributed by atoms with E-state index in [1.807, 2.05) is 12.4 Å². The predicted molar refractivity (Wildman–Crippen MR) is 49.6 cm³/mol. The van der Waals surface area contributed by atoms with Crippen molar-refractivity contribution in [2.24, 2.45) is 0 Å². The molecule has 1 fully saturated rings. The van der Waals surface area contributed by atoms with Crippen molar-refractivity contribution in [2.45, 2.75) is 18.3 Å². The molecule has 1 aromatic rings. The van der Waals surface area contributed by atoms with Crippen LogP contribution in [0.25, 0.3) is 0 Å². The van der Waals surface area contributed by atoms with Crippen LogP contribution in [0.3, 0.4) is 0 Å². The molecule has 3 heteroatoms. The Balaban J connectivity index is 2.07. The van der Waals surface area contributed by atoms with Crippen LogP contribution in [-0.4, -0.2) is 29.9 Å². The minimum atomic E-state index is 0.183. The van der Waals surface area contributed by atoms with E-state index < -0.39 is 0 Å². The third-order valence-electron chi connectivity index (χ3n) is 2.78. The van der Waals surface area contributed by atoms with Crippen LogP contribution in [-0.2, 0) is 10.2 Å². The van der Waals surface area contributed by atoms with Crippen LogP contribution >= 0.6 is 0 Å². The Morgan fingerprint density at radius 3 is 2.85 bits per heavy atom. The average Bonchev–Trinajstić information content (AvgIpc) is 2.56. The summed E-state index contributed by atoms with van der Waals surface area (Å²) in [4.78, 5) is 3.06. The Kier molecular flexibility index (Phi) is 2.38. The molecule has 0 radical (unpaired) electrons. The highest BCUT2D eigenvalue weighted by Crippen LogP contribution is 2.36. The van der Waals surface area contributed by atoms with Gasteiger partial charge in [0.25, 0.3) is 0 Å². The Labute approximate surface area is 77.7 Å². The summed E-state index contributed by atoms with van der Waals surface area (Å²) in [6.07, 6.45) is 5.84. The fraction of sp³-hybridized carbons (Fsp3) is 0.600. The molecular weight excluding hydrogens is 166 g/mol. The van der Waals surface area contributed by atoms with Crippen molar-refractivity contribution in [3.8, 4) is 0 Å². The van der Waals surface area contributed by atoms with Gasteiger partial charge in [-0.05, 0) is 24.5 Å². The normalized spacial score (nSPS) is 19.8. The molecule has 1 aliphatic rings. The largest absolute Gasteiger partial charge is 0.396 e. The lowest BCUT2D eigenvalue weighted by Gasteiger charge is -2.41. The van der Waals surface area contributed by atoms with E-state index in [9.17, 15) is 0 Å². The first-order valence-corrected chi connectivity index (χ1v) is 4.69. The van der Waals surface area contributed by atoms with Gasteiger partial charge in [-0.25, -0.2) is 0 Å². The maximum Gasteiger partial charge on any atom is 0.0586 e. The number of ether oxygens (including phenoxy) is 1. The summed E-state index contributed by atoms with van der Waals surface area (Å²) in [5, 5.41) is 8.80. The Morgan fingerprint density at radius 2 is 2.38 bits per heavy atom. The molecule has 0 saturated carbocycles. The quantitative estimate of drug-likeness (QED) is 0.729. The number of aliphatic hydroxyl groups excluding tert-OH is 1. The highest BCUT2D eigenvalue weighted by molar-refractivity contribution is 5.24. The smallest absolute Gasteiger partial charge is 0.0586 e. The lowest BCUT2D eigenvalue weighted by Crippen LogP contribution is -2.46. The van der Waals surface area contributed by atoms with Crippen LogP contribution in [0.4, 0.5) is 0 Å². The highest BCUT2D eigenvalue weighted by atomic mass is 16.5. The summed E-state index contributed by atoms with van der Waals surface area (Å²) < 4.78 is 5.26. The van der Waals surface area contributed by atoms with E-state index in [4.69, 9.17) is 9.84 Å². The lowest BCUT2D eigenvalue weighted by molar-refractivity contribution is -0.0664. The molecule has 1 aliphatic heterocycles. The fourth-order valence-electron chi connectivity index (χ4n) is 1.88. The van der Waals surface area contributed by atoms with Gasteiger partial charge in [-0.3, -0.25) is 0 Å². The SMILES string of the molecule is OCCCC1(c2cc[nH]c2)COC1. The molecule has 13 heavy (non-hydrogen) atoms. The molecule has 2 heterocycles. The fourth-order valence-corrected chi connectivity index (χ4v) is 1.88. The molecule has 0 aliphatic carbocycles. The number of hydrogen-bond acceptors (Lipinski definition) is 2. The van der Waals surface area contributed by atoms with Crippen LogP contribution in [0.2, 0.25) is 0 Å². The molecule has 0 bridgehead atoms. The van der Waals surface area contributed by atoms with Gasteiger partial charge in [-0.1, -0.05) is 0 Å². The second-order valence-corrected chi connectivity index (χ2v) is 3.70. The van der Waals surface area contributed by atoms with Crippen molar-refractivity contribution < 1.29 is 9.84 Å². The summed E-state index contributed by atoms with van der Waals surface area (Å²) in [7, 11) is 0. The van der Waals surface area contributed by atoms with E-state index in [2.05, 4.69) is 11.1 Å². The minimum Gasteiger partial charge on any atom is -0.396 e. The van der Waals surface area contributed by atoms with Gasteiger partial charge in [0.2, 0.25) is 0 Å².